The van der Waals surface area contributed by atoms with E-state index >= 15 is 0 Å². The van der Waals surface area contributed by atoms with Gasteiger partial charge in [-0.25, -0.2) is 9.59 Å². The molecule has 7 nitrogen and oxygen atoms in total. The fourth-order valence-corrected chi connectivity index (χ4v) is 2.01. The number of hydrogen-bond donors (Lipinski definition) is 0. The van der Waals surface area contributed by atoms with Crippen molar-refractivity contribution in [3.8, 4) is 5.69 Å². The lowest BCUT2D eigenvalue weighted by Gasteiger charge is -2.06. The summed E-state index contributed by atoms with van der Waals surface area (Å²) in [5.41, 5.74) is 1.27. The number of rotatable bonds is 3. The van der Waals surface area contributed by atoms with Crippen molar-refractivity contribution in [1.82, 2.24) is 15.0 Å². The highest BCUT2D eigenvalue weighted by Crippen LogP contribution is 2.14. The van der Waals surface area contributed by atoms with Crippen molar-refractivity contribution < 1.29 is 19.1 Å². The molecule has 1 aromatic carbocycles. The first kappa shape index (κ1) is 13.3. The second-order valence-electron chi connectivity index (χ2n) is 4.61. The van der Waals surface area contributed by atoms with E-state index in [2.05, 4.69) is 10.2 Å². The van der Waals surface area contributed by atoms with Crippen LogP contribution in [-0.4, -0.2) is 39.6 Å². The first-order valence-corrected chi connectivity index (χ1v) is 6.52. The molecule has 1 aliphatic rings. The van der Waals surface area contributed by atoms with Crippen molar-refractivity contribution in [3.05, 3.63) is 41.7 Å². The maximum absolute atomic E-state index is 12.1. The molecule has 1 atom stereocenters. The van der Waals surface area contributed by atoms with Crippen LogP contribution in [0.25, 0.3) is 5.69 Å². The Labute approximate surface area is 120 Å². The first-order valence-electron chi connectivity index (χ1n) is 6.52. The lowest BCUT2D eigenvalue weighted by molar-refractivity contribution is -0.145. The van der Waals surface area contributed by atoms with Gasteiger partial charge in [-0.2, -0.15) is 9.90 Å². The lowest BCUT2D eigenvalue weighted by atomic mass is 10.3. The molecule has 1 aromatic heterocycles. The summed E-state index contributed by atoms with van der Waals surface area (Å²) in [6, 6.07) is 9.22. The van der Waals surface area contributed by atoms with Crippen LogP contribution >= 0.6 is 0 Å². The van der Waals surface area contributed by atoms with Gasteiger partial charge in [0.05, 0.1) is 18.0 Å². The number of nitrogens with zero attached hydrogens (tertiary/aromatic N) is 3. The topological polar surface area (TPSA) is 83.3 Å². The molecule has 0 saturated carbocycles. The van der Waals surface area contributed by atoms with Gasteiger partial charge in [0.25, 0.3) is 0 Å². The highest BCUT2D eigenvalue weighted by atomic mass is 16.6. The number of carbonyl (C=O) groups excluding carboxylic acids is 2. The number of carbonyl (C=O) groups is 2. The molecule has 2 heterocycles. The Morgan fingerprint density at radius 3 is 2.76 bits per heavy atom. The molecule has 1 fully saturated rings. The molecule has 7 heteroatoms. The van der Waals surface area contributed by atoms with Crippen LogP contribution in [0.1, 0.15) is 22.6 Å². The number of para-hydroxylation sites is 1. The highest BCUT2D eigenvalue weighted by Gasteiger charge is 2.32. The third kappa shape index (κ3) is 2.62. The van der Waals surface area contributed by atoms with E-state index in [0.717, 1.165) is 5.69 Å². The Bertz CT molecular complexity index is 681. The third-order valence-corrected chi connectivity index (χ3v) is 3.10. The van der Waals surface area contributed by atoms with Gasteiger partial charge >= 0.3 is 11.9 Å². The summed E-state index contributed by atoms with van der Waals surface area (Å²) >= 11 is 0. The van der Waals surface area contributed by atoms with Gasteiger partial charge < -0.3 is 9.47 Å². The number of aromatic nitrogens is 3. The monoisotopic (exact) mass is 287 g/mol. The quantitative estimate of drug-likeness (QED) is 0.785. The molecule has 3 rings (SSSR count). The van der Waals surface area contributed by atoms with E-state index in [-0.39, 0.29) is 12.3 Å². The van der Waals surface area contributed by atoms with E-state index in [1.807, 2.05) is 30.3 Å². The molecule has 108 valence electrons. The van der Waals surface area contributed by atoms with Gasteiger partial charge in [0, 0.05) is 6.42 Å². The Morgan fingerprint density at radius 2 is 2.10 bits per heavy atom. The van der Waals surface area contributed by atoms with Gasteiger partial charge in [-0.15, -0.1) is 5.10 Å². The van der Waals surface area contributed by atoms with E-state index < -0.39 is 18.0 Å². The predicted octanol–water partition coefficient (Wildman–Crippen LogP) is 1.05. The van der Waals surface area contributed by atoms with Gasteiger partial charge in [-0.3, -0.25) is 0 Å². The van der Waals surface area contributed by atoms with Crippen molar-refractivity contribution in [2.75, 3.05) is 6.61 Å². The fourth-order valence-electron chi connectivity index (χ4n) is 2.01. The molecule has 0 aliphatic carbocycles. The minimum Gasteiger partial charge on any atom is -0.463 e. The summed E-state index contributed by atoms with van der Waals surface area (Å²) in [5, 5.41) is 8.31. The van der Waals surface area contributed by atoms with E-state index in [9.17, 15) is 9.59 Å². The normalized spacial score (nSPS) is 17.6. The lowest BCUT2D eigenvalue weighted by Crippen LogP contribution is -2.23. The van der Waals surface area contributed by atoms with Gasteiger partial charge in [0.2, 0.25) is 6.10 Å². The van der Waals surface area contributed by atoms with E-state index in [1.165, 1.54) is 4.80 Å². The Kier molecular flexibility index (Phi) is 3.39. The second-order valence-corrected chi connectivity index (χ2v) is 4.61. The molecule has 0 amide bonds. The van der Waals surface area contributed by atoms with E-state index in [1.54, 1.807) is 6.92 Å². The van der Waals surface area contributed by atoms with Crippen LogP contribution in [0.5, 0.6) is 0 Å². The molecule has 2 aromatic rings. The molecule has 1 aliphatic heterocycles. The van der Waals surface area contributed by atoms with Gasteiger partial charge in [0.1, 0.15) is 0 Å². The minimum atomic E-state index is -0.848. The Morgan fingerprint density at radius 1 is 1.33 bits per heavy atom. The average Bonchev–Trinajstić information content (AvgIpc) is 3.06. The van der Waals surface area contributed by atoms with Crippen molar-refractivity contribution in [1.29, 1.82) is 0 Å². The van der Waals surface area contributed by atoms with Crippen molar-refractivity contribution >= 4 is 11.9 Å². The minimum absolute atomic E-state index is 0.0959. The maximum Gasteiger partial charge on any atom is 0.361 e. The van der Waals surface area contributed by atoms with Crippen LogP contribution < -0.4 is 0 Å². The van der Waals surface area contributed by atoms with Crippen molar-refractivity contribution in [2.45, 2.75) is 19.4 Å². The maximum atomic E-state index is 12.1. The molecule has 0 unspecified atom stereocenters. The van der Waals surface area contributed by atoms with Gasteiger partial charge in [0.15, 0.2) is 5.69 Å². The molecule has 1 saturated heterocycles. The van der Waals surface area contributed by atoms with Crippen molar-refractivity contribution in [3.63, 3.8) is 0 Å². The molecule has 21 heavy (non-hydrogen) atoms. The smallest absolute Gasteiger partial charge is 0.361 e. The van der Waals surface area contributed by atoms with Gasteiger partial charge in [-0.05, 0) is 19.1 Å². The summed E-state index contributed by atoms with van der Waals surface area (Å²) in [6.07, 6.45) is -0.477. The van der Waals surface area contributed by atoms with Crippen LogP contribution in [0.15, 0.2) is 30.3 Å². The van der Waals surface area contributed by atoms with Crippen LogP contribution in [0, 0.1) is 6.92 Å². The number of esters is 2. The summed E-state index contributed by atoms with van der Waals surface area (Å²) in [7, 11) is 0. The molecule has 0 N–H and O–H groups in total. The molecular formula is C14H13N3O4. The SMILES string of the molecule is Cc1nn(-c2ccccc2)nc1C(=O)O[C@H]1CCOC1=O. The number of hydrogen-bond acceptors (Lipinski definition) is 6. The van der Waals surface area contributed by atoms with E-state index in [0.29, 0.717) is 12.1 Å². The van der Waals surface area contributed by atoms with Gasteiger partial charge in [-0.1, -0.05) is 18.2 Å². The number of aryl methyl sites for hydroxylation is 1. The largest absolute Gasteiger partial charge is 0.463 e. The van der Waals surface area contributed by atoms with Crippen LogP contribution in [-0.2, 0) is 14.3 Å². The number of cyclic esters (lactones) is 1. The molecule has 0 radical (unpaired) electrons. The molecular weight excluding hydrogens is 274 g/mol. The zero-order valence-electron chi connectivity index (χ0n) is 11.4. The fraction of sp³-hybridized carbons (Fsp3) is 0.286. The Balaban J connectivity index is 1.81. The van der Waals surface area contributed by atoms with Crippen LogP contribution in [0.3, 0.4) is 0 Å². The summed E-state index contributed by atoms with van der Waals surface area (Å²) in [4.78, 5) is 24.7. The van der Waals surface area contributed by atoms with Crippen LogP contribution in [0.2, 0.25) is 0 Å². The zero-order valence-corrected chi connectivity index (χ0v) is 11.4. The predicted molar refractivity (Wildman–Crippen MR) is 70.9 cm³/mol. The molecule has 0 bridgehead atoms. The number of ether oxygens (including phenoxy) is 2. The first-order chi connectivity index (χ1) is 10.1. The second kappa shape index (κ2) is 5.35. The zero-order chi connectivity index (χ0) is 14.8. The standard InChI is InChI=1S/C14H13N3O4/c1-9-12(14(19)21-11-7-8-20-13(11)18)16-17(15-9)10-5-3-2-4-6-10/h2-6,11H,7-8H2,1H3/t11-/m0/s1. The van der Waals surface area contributed by atoms with Crippen molar-refractivity contribution in [2.24, 2.45) is 0 Å². The number of benzene rings is 1. The summed E-state index contributed by atoms with van der Waals surface area (Å²) in [6.45, 7) is 1.93. The Hall–Kier alpha value is -2.70. The third-order valence-electron chi connectivity index (χ3n) is 3.10. The molecule has 0 spiro atoms. The average molecular weight is 287 g/mol. The highest BCUT2D eigenvalue weighted by molar-refractivity contribution is 5.90. The van der Waals surface area contributed by atoms with Crippen LogP contribution in [0.4, 0.5) is 0 Å². The summed E-state index contributed by atoms with van der Waals surface area (Å²) in [5.74, 6) is -1.19. The van der Waals surface area contributed by atoms with E-state index in [4.69, 9.17) is 9.47 Å². The summed E-state index contributed by atoms with van der Waals surface area (Å²) < 4.78 is 9.86.